The number of rotatable bonds is 6. The van der Waals surface area contributed by atoms with Gasteiger partial charge in [-0.15, -0.1) is 0 Å². The second-order valence-corrected chi connectivity index (χ2v) is 15.4. The molecule has 0 unspecified atom stereocenters. The molecule has 4 aliphatic heterocycles. The van der Waals surface area contributed by atoms with Gasteiger partial charge in [0.05, 0.1) is 24.7 Å². The van der Waals surface area contributed by atoms with Gasteiger partial charge in [0.2, 0.25) is 0 Å². The average molecular weight is 671 g/mol. The van der Waals surface area contributed by atoms with Crippen molar-refractivity contribution in [2.75, 3.05) is 19.8 Å². The molecule has 0 radical (unpaired) electrons. The number of fused-ring (bicyclic) bond motifs is 3. The first kappa shape index (κ1) is 34.1. The maximum atomic E-state index is 13.8. The van der Waals surface area contributed by atoms with Crippen LogP contribution in [0.3, 0.4) is 0 Å². The molecule has 7 fully saturated rings. The molecule has 4 heterocycles. The SMILES string of the molecule is C=C(C)[C@]12C[C@@H](COC(C)=O)[C@@]3(OO1)[C@@H]1[C@H]2OCCCCCC[C@@H](C)[C@H]2[C@H](C)[C@H](OC(=O)c4ccccc4)[C@@](O)([C@H](O)[C@@]4(CO)O[C@@H]14)[C@@H]23. The highest BCUT2D eigenvalue weighted by Crippen LogP contribution is 2.73. The summed E-state index contributed by atoms with van der Waals surface area (Å²) >= 11 is 0. The van der Waals surface area contributed by atoms with Crippen molar-refractivity contribution in [1.82, 2.24) is 0 Å². The number of carbonyl (C=O) groups excluding carboxylic acids is 2. The van der Waals surface area contributed by atoms with Crippen LogP contribution in [0, 0.1) is 35.5 Å². The van der Waals surface area contributed by atoms with Crippen LogP contribution in [-0.4, -0.2) is 93.9 Å². The fraction of sp³-hybridized carbons (Fsp3) is 0.730. The Morgan fingerprint density at radius 1 is 1.04 bits per heavy atom. The Morgan fingerprint density at radius 3 is 2.46 bits per heavy atom. The molecular weight excluding hydrogens is 620 g/mol. The fourth-order valence-corrected chi connectivity index (χ4v) is 10.8. The Bertz CT molecular complexity index is 1420. The zero-order valence-corrected chi connectivity index (χ0v) is 28.3. The summed E-state index contributed by atoms with van der Waals surface area (Å²) in [5, 5.41) is 37.0. The molecule has 264 valence electrons. The molecule has 3 N–H and O–H groups in total. The zero-order chi connectivity index (χ0) is 34.2. The number of aliphatic hydroxyl groups excluding tert-OH is 2. The minimum Gasteiger partial charge on any atom is -0.465 e. The number of esters is 2. The summed E-state index contributed by atoms with van der Waals surface area (Å²) in [5.74, 6) is -4.07. The topological polar surface area (TPSA) is 154 Å². The van der Waals surface area contributed by atoms with Crippen molar-refractivity contribution in [3.8, 4) is 0 Å². The third-order valence-corrected chi connectivity index (χ3v) is 12.9. The molecule has 5 bridgehead atoms. The first-order valence-electron chi connectivity index (χ1n) is 17.6. The lowest BCUT2D eigenvalue weighted by Crippen LogP contribution is -2.78. The summed E-state index contributed by atoms with van der Waals surface area (Å²) in [5.41, 5.74) is -5.39. The fourth-order valence-electron chi connectivity index (χ4n) is 10.8. The lowest BCUT2D eigenvalue weighted by atomic mass is 9.51. The Kier molecular flexibility index (Phi) is 8.62. The molecule has 0 amide bonds. The molecule has 48 heavy (non-hydrogen) atoms. The van der Waals surface area contributed by atoms with Crippen LogP contribution in [-0.2, 0) is 33.5 Å². The Morgan fingerprint density at radius 2 is 1.77 bits per heavy atom. The number of aliphatic hydroxyl groups is 3. The molecule has 14 atom stereocenters. The highest BCUT2D eigenvalue weighted by Gasteiger charge is 2.88. The van der Waals surface area contributed by atoms with E-state index in [-0.39, 0.29) is 18.4 Å². The Balaban J connectivity index is 1.47. The minimum absolute atomic E-state index is 0.00699. The van der Waals surface area contributed by atoms with Crippen molar-refractivity contribution in [2.24, 2.45) is 35.5 Å². The van der Waals surface area contributed by atoms with Gasteiger partial charge in [0.25, 0.3) is 0 Å². The zero-order valence-electron chi connectivity index (χ0n) is 28.3. The highest BCUT2D eigenvalue weighted by molar-refractivity contribution is 5.89. The van der Waals surface area contributed by atoms with Crippen LogP contribution in [0.5, 0.6) is 0 Å². The second-order valence-electron chi connectivity index (χ2n) is 15.4. The molecule has 7 aliphatic rings. The summed E-state index contributed by atoms with van der Waals surface area (Å²) < 4.78 is 25.2. The maximum absolute atomic E-state index is 13.8. The van der Waals surface area contributed by atoms with Gasteiger partial charge < -0.3 is 34.3 Å². The predicted octanol–water partition coefficient (Wildman–Crippen LogP) is 3.53. The highest BCUT2D eigenvalue weighted by atomic mass is 17.2. The van der Waals surface area contributed by atoms with E-state index in [0.29, 0.717) is 24.2 Å². The van der Waals surface area contributed by atoms with E-state index < -0.39 is 89.0 Å². The van der Waals surface area contributed by atoms with Crippen molar-refractivity contribution in [3.05, 3.63) is 48.0 Å². The Labute approximate surface area is 281 Å². The summed E-state index contributed by atoms with van der Waals surface area (Å²) in [4.78, 5) is 39.3. The number of epoxide rings is 1. The van der Waals surface area contributed by atoms with Crippen molar-refractivity contribution in [1.29, 1.82) is 0 Å². The van der Waals surface area contributed by atoms with Crippen LogP contribution >= 0.6 is 0 Å². The predicted molar refractivity (Wildman–Crippen MR) is 170 cm³/mol. The van der Waals surface area contributed by atoms with Gasteiger partial charge in [-0.25, -0.2) is 14.6 Å². The smallest absolute Gasteiger partial charge is 0.338 e. The molecule has 3 saturated carbocycles. The van der Waals surface area contributed by atoms with Crippen molar-refractivity contribution in [2.45, 2.75) is 113 Å². The van der Waals surface area contributed by atoms with Gasteiger partial charge in [-0.2, -0.15) is 0 Å². The summed E-state index contributed by atoms with van der Waals surface area (Å²) in [6.07, 6.45) is 0.521. The molecule has 11 heteroatoms. The first-order chi connectivity index (χ1) is 22.9. The molecule has 1 aromatic carbocycles. The molecule has 1 spiro atoms. The van der Waals surface area contributed by atoms with E-state index in [1.54, 1.807) is 30.3 Å². The van der Waals surface area contributed by atoms with E-state index in [2.05, 4.69) is 13.5 Å². The number of carbonyl (C=O) groups is 2. The molecule has 0 aromatic heterocycles. The number of hydrogen-bond acceptors (Lipinski definition) is 11. The van der Waals surface area contributed by atoms with Crippen LogP contribution < -0.4 is 0 Å². The molecular formula is C37H50O11. The number of hydrogen-bond donors (Lipinski definition) is 3. The summed E-state index contributed by atoms with van der Waals surface area (Å²) in [6, 6.07) is 8.55. The second kappa shape index (κ2) is 12.1. The van der Waals surface area contributed by atoms with Gasteiger partial charge in [0, 0.05) is 25.4 Å². The van der Waals surface area contributed by atoms with E-state index in [0.717, 1.165) is 32.1 Å². The van der Waals surface area contributed by atoms with E-state index in [9.17, 15) is 24.9 Å². The van der Waals surface area contributed by atoms with Crippen molar-refractivity contribution < 1.29 is 53.6 Å². The third-order valence-electron chi connectivity index (χ3n) is 12.9. The van der Waals surface area contributed by atoms with Gasteiger partial charge in [0.1, 0.15) is 41.2 Å². The average Bonchev–Trinajstić information content (AvgIpc) is 3.77. The van der Waals surface area contributed by atoms with E-state index in [4.69, 9.17) is 28.7 Å². The number of ether oxygens (including phenoxy) is 4. The van der Waals surface area contributed by atoms with Crippen LogP contribution in [0.4, 0.5) is 0 Å². The van der Waals surface area contributed by atoms with Gasteiger partial charge in [-0.3, -0.25) is 4.79 Å². The van der Waals surface area contributed by atoms with Crippen LogP contribution in [0.1, 0.15) is 76.6 Å². The van der Waals surface area contributed by atoms with E-state index in [1.165, 1.54) is 6.92 Å². The monoisotopic (exact) mass is 670 g/mol. The molecule has 3 aliphatic carbocycles. The van der Waals surface area contributed by atoms with Gasteiger partial charge in [0.15, 0.2) is 5.60 Å². The van der Waals surface area contributed by atoms with Crippen LogP contribution in [0.2, 0.25) is 0 Å². The quantitative estimate of drug-likeness (QED) is 0.176. The summed E-state index contributed by atoms with van der Waals surface area (Å²) in [7, 11) is 0. The molecule has 4 saturated heterocycles. The number of benzene rings is 1. The lowest BCUT2D eigenvalue weighted by Gasteiger charge is -2.66. The Hall–Kier alpha value is -2.38. The first-order valence-corrected chi connectivity index (χ1v) is 17.6. The third kappa shape index (κ3) is 4.64. The summed E-state index contributed by atoms with van der Waals surface area (Å²) in [6.45, 7) is 11.4. The maximum Gasteiger partial charge on any atom is 0.338 e. The standard InChI is InChI=1S/C37H50O11/c1-20(2)34-17-25(18-44-23(5)39)37(48-47-34)27-30(34)43-16-12-7-6-9-13-21(3)26-22(4)29(45-32(40)24-14-10-8-11-15-24)36(42,28(26)37)33(41)35(19-38)31(27)46-35/h8,10-11,14-15,21-22,25-31,33,38,41-42H,1,6-7,9,12-13,16-19H2,2-5H3/t21-,22+,25+,26+,27-,28-,29+,30-,31+,33-,34+,35+,36-,37-/m1/s1. The minimum atomic E-state index is -2.17. The van der Waals surface area contributed by atoms with Crippen LogP contribution in [0.25, 0.3) is 0 Å². The lowest BCUT2D eigenvalue weighted by molar-refractivity contribution is -0.525. The molecule has 11 nitrogen and oxygen atoms in total. The van der Waals surface area contributed by atoms with Crippen LogP contribution in [0.15, 0.2) is 42.5 Å². The van der Waals surface area contributed by atoms with Crippen molar-refractivity contribution in [3.63, 3.8) is 0 Å². The van der Waals surface area contributed by atoms with Crippen molar-refractivity contribution >= 4 is 11.9 Å². The molecule has 1 aromatic rings. The van der Waals surface area contributed by atoms with Gasteiger partial charge in [-0.05, 0) is 55.2 Å². The van der Waals surface area contributed by atoms with E-state index in [1.807, 2.05) is 13.8 Å². The largest absolute Gasteiger partial charge is 0.465 e. The van der Waals surface area contributed by atoms with Gasteiger partial charge in [-0.1, -0.05) is 64.3 Å². The van der Waals surface area contributed by atoms with E-state index >= 15 is 0 Å². The van der Waals surface area contributed by atoms with Gasteiger partial charge >= 0.3 is 11.9 Å². The molecule has 8 rings (SSSR count). The normalized spacial score (nSPS) is 47.7.